The summed E-state index contributed by atoms with van der Waals surface area (Å²) in [6.07, 6.45) is 0. The van der Waals surface area contributed by atoms with Gasteiger partial charge in [-0.05, 0) is 24.1 Å². The van der Waals surface area contributed by atoms with E-state index in [-0.39, 0.29) is 12.4 Å². The summed E-state index contributed by atoms with van der Waals surface area (Å²) in [6, 6.07) is 4.57. The van der Waals surface area contributed by atoms with Gasteiger partial charge in [-0.1, -0.05) is 26.0 Å². The molecule has 0 aromatic heterocycles. The van der Waals surface area contributed by atoms with E-state index in [1.165, 1.54) is 6.07 Å². The van der Waals surface area contributed by atoms with Crippen molar-refractivity contribution in [3.05, 3.63) is 35.1 Å². The van der Waals surface area contributed by atoms with Crippen molar-refractivity contribution in [3.63, 3.8) is 0 Å². The van der Waals surface area contributed by atoms with Crippen molar-refractivity contribution < 1.29 is 9.50 Å². The van der Waals surface area contributed by atoms with Crippen LogP contribution in [0.25, 0.3) is 0 Å². The number of halogens is 1. The maximum absolute atomic E-state index is 12.6. The molecule has 0 unspecified atom stereocenters. The molecule has 1 aromatic carbocycles. The zero-order valence-electron chi connectivity index (χ0n) is 7.76. The Kier molecular flexibility index (Phi) is 5.30. The molecule has 0 heterocycles. The van der Waals surface area contributed by atoms with Crippen LogP contribution in [0.4, 0.5) is 4.39 Å². The SMILES string of the molecule is CC.Cc1cc(CO)ccc1F. The Bertz CT molecular complexity index is 233. The second-order valence-electron chi connectivity index (χ2n) is 2.24. The van der Waals surface area contributed by atoms with Crippen molar-refractivity contribution in [1.82, 2.24) is 0 Å². The number of rotatable bonds is 1. The van der Waals surface area contributed by atoms with E-state index in [9.17, 15) is 4.39 Å². The standard InChI is InChI=1S/C8H9FO.C2H6/c1-6-4-7(5-10)2-3-8(6)9;1-2/h2-4,10H,5H2,1H3;1-2H3. The van der Waals surface area contributed by atoms with E-state index in [2.05, 4.69) is 0 Å². The van der Waals surface area contributed by atoms with Crippen LogP contribution in [0.15, 0.2) is 18.2 Å². The van der Waals surface area contributed by atoms with Gasteiger partial charge in [-0.2, -0.15) is 0 Å². The number of aliphatic hydroxyl groups excluding tert-OH is 1. The van der Waals surface area contributed by atoms with Crippen LogP contribution in [0.2, 0.25) is 0 Å². The Morgan fingerprint density at radius 2 is 1.92 bits per heavy atom. The third-order valence-electron chi connectivity index (χ3n) is 1.40. The average molecular weight is 170 g/mol. The number of benzene rings is 1. The molecule has 68 valence electrons. The smallest absolute Gasteiger partial charge is 0.126 e. The Morgan fingerprint density at radius 3 is 2.33 bits per heavy atom. The monoisotopic (exact) mass is 170 g/mol. The highest BCUT2D eigenvalue weighted by Crippen LogP contribution is 2.08. The summed E-state index contributed by atoms with van der Waals surface area (Å²) in [7, 11) is 0. The molecule has 2 heteroatoms. The largest absolute Gasteiger partial charge is 0.392 e. The Balaban J connectivity index is 0.000000561. The first-order valence-electron chi connectivity index (χ1n) is 4.10. The highest BCUT2D eigenvalue weighted by atomic mass is 19.1. The molecule has 12 heavy (non-hydrogen) atoms. The third-order valence-corrected chi connectivity index (χ3v) is 1.40. The first-order valence-corrected chi connectivity index (χ1v) is 4.10. The number of aliphatic hydroxyl groups is 1. The molecular weight excluding hydrogens is 155 g/mol. The van der Waals surface area contributed by atoms with Crippen LogP contribution in [-0.4, -0.2) is 5.11 Å². The summed E-state index contributed by atoms with van der Waals surface area (Å²) in [5, 5.41) is 8.63. The molecule has 0 aliphatic heterocycles. The Morgan fingerprint density at radius 1 is 1.33 bits per heavy atom. The van der Waals surface area contributed by atoms with Crippen molar-refractivity contribution >= 4 is 0 Å². The molecule has 0 radical (unpaired) electrons. The van der Waals surface area contributed by atoms with Gasteiger partial charge >= 0.3 is 0 Å². The van der Waals surface area contributed by atoms with Crippen LogP contribution in [0.3, 0.4) is 0 Å². The van der Waals surface area contributed by atoms with Crippen LogP contribution < -0.4 is 0 Å². The first-order chi connectivity index (χ1) is 5.74. The minimum absolute atomic E-state index is 0.0267. The van der Waals surface area contributed by atoms with E-state index < -0.39 is 0 Å². The second-order valence-corrected chi connectivity index (χ2v) is 2.24. The minimum atomic E-state index is -0.225. The van der Waals surface area contributed by atoms with Crippen LogP contribution in [0, 0.1) is 12.7 Å². The fourth-order valence-corrected chi connectivity index (χ4v) is 0.805. The number of aryl methyl sites for hydroxylation is 1. The van der Waals surface area contributed by atoms with Crippen molar-refractivity contribution in [2.75, 3.05) is 0 Å². The summed E-state index contributed by atoms with van der Waals surface area (Å²) in [6.45, 7) is 5.65. The molecule has 0 amide bonds. The van der Waals surface area contributed by atoms with Gasteiger partial charge in [0.1, 0.15) is 5.82 Å². The van der Waals surface area contributed by atoms with E-state index >= 15 is 0 Å². The molecule has 0 aliphatic rings. The first kappa shape index (κ1) is 11.1. The quantitative estimate of drug-likeness (QED) is 0.687. The zero-order valence-corrected chi connectivity index (χ0v) is 7.76. The Hall–Kier alpha value is -0.890. The molecule has 1 rings (SSSR count). The fraction of sp³-hybridized carbons (Fsp3) is 0.400. The maximum atomic E-state index is 12.6. The van der Waals surface area contributed by atoms with E-state index in [0.29, 0.717) is 5.56 Å². The van der Waals surface area contributed by atoms with Gasteiger partial charge in [0, 0.05) is 0 Å². The lowest BCUT2D eigenvalue weighted by atomic mass is 10.1. The average Bonchev–Trinajstić information content (AvgIpc) is 2.13. The lowest BCUT2D eigenvalue weighted by Gasteiger charge is -1.97. The molecule has 0 fully saturated rings. The predicted molar refractivity (Wildman–Crippen MR) is 48.4 cm³/mol. The molecule has 0 saturated heterocycles. The Labute approximate surface area is 72.9 Å². The van der Waals surface area contributed by atoms with Crippen LogP contribution in [-0.2, 0) is 6.61 Å². The zero-order chi connectivity index (χ0) is 9.56. The molecule has 0 atom stereocenters. The highest BCUT2D eigenvalue weighted by Gasteiger charge is 1.96. The summed E-state index contributed by atoms with van der Waals surface area (Å²) in [5.74, 6) is -0.225. The summed E-state index contributed by atoms with van der Waals surface area (Å²) in [4.78, 5) is 0. The molecule has 1 nitrogen and oxygen atoms in total. The van der Waals surface area contributed by atoms with Gasteiger partial charge in [-0.25, -0.2) is 4.39 Å². The molecule has 1 aromatic rings. The second kappa shape index (κ2) is 5.72. The number of hydrogen-bond donors (Lipinski definition) is 1. The summed E-state index contributed by atoms with van der Waals surface area (Å²) < 4.78 is 12.6. The van der Waals surface area contributed by atoms with Crippen molar-refractivity contribution in [1.29, 1.82) is 0 Å². The van der Waals surface area contributed by atoms with E-state index in [4.69, 9.17) is 5.11 Å². The van der Waals surface area contributed by atoms with Gasteiger partial charge in [-0.3, -0.25) is 0 Å². The summed E-state index contributed by atoms with van der Waals surface area (Å²) >= 11 is 0. The minimum Gasteiger partial charge on any atom is -0.392 e. The van der Waals surface area contributed by atoms with Crippen LogP contribution >= 0.6 is 0 Å². The van der Waals surface area contributed by atoms with E-state index in [1.807, 2.05) is 13.8 Å². The van der Waals surface area contributed by atoms with E-state index in [0.717, 1.165) is 5.56 Å². The van der Waals surface area contributed by atoms with E-state index in [1.54, 1.807) is 19.1 Å². The fourth-order valence-electron chi connectivity index (χ4n) is 0.805. The number of hydrogen-bond acceptors (Lipinski definition) is 1. The molecule has 0 bridgehead atoms. The molecule has 0 aliphatic carbocycles. The molecule has 0 saturated carbocycles. The maximum Gasteiger partial charge on any atom is 0.126 e. The van der Waals surface area contributed by atoms with Gasteiger partial charge in [0.2, 0.25) is 0 Å². The van der Waals surface area contributed by atoms with Crippen LogP contribution in [0.1, 0.15) is 25.0 Å². The normalized spacial score (nSPS) is 8.75. The van der Waals surface area contributed by atoms with Gasteiger partial charge in [-0.15, -0.1) is 0 Å². The molecular formula is C10H15FO. The lowest BCUT2D eigenvalue weighted by Crippen LogP contribution is -1.86. The van der Waals surface area contributed by atoms with Crippen LogP contribution in [0.5, 0.6) is 0 Å². The van der Waals surface area contributed by atoms with Gasteiger partial charge < -0.3 is 5.11 Å². The van der Waals surface area contributed by atoms with Gasteiger partial charge in [0.15, 0.2) is 0 Å². The van der Waals surface area contributed by atoms with Gasteiger partial charge in [0.05, 0.1) is 6.61 Å². The van der Waals surface area contributed by atoms with Crippen molar-refractivity contribution in [3.8, 4) is 0 Å². The predicted octanol–water partition coefficient (Wildman–Crippen LogP) is 2.65. The van der Waals surface area contributed by atoms with Crippen molar-refractivity contribution in [2.24, 2.45) is 0 Å². The summed E-state index contributed by atoms with van der Waals surface area (Å²) in [5.41, 5.74) is 1.32. The van der Waals surface area contributed by atoms with Crippen molar-refractivity contribution in [2.45, 2.75) is 27.4 Å². The topological polar surface area (TPSA) is 20.2 Å². The highest BCUT2D eigenvalue weighted by molar-refractivity contribution is 5.23. The molecule has 1 N–H and O–H groups in total. The third kappa shape index (κ3) is 3.01. The van der Waals surface area contributed by atoms with Gasteiger partial charge in [0.25, 0.3) is 0 Å². The lowest BCUT2D eigenvalue weighted by molar-refractivity contribution is 0.281. The molecule has 0 spiro atoms.